The van der Waals surface area contributed by atoms with Crippen molar-refractivity contribution >= 4 is 11.9 Å². The van der Waals surface area contributed by atoms with Crippen LogP contribution in [0.1, 0.15) is 67.8 Å². The van der Waals surface area contributed by atoms with Crippen LogP contribution >= 0.6 is 0 Å². The first-order valence-electron chi connectivity index (χ1n) is 10.8. The molecule has 0 spiro atoms. The maximum absolute atomic E-state index is 11.5. The smallest absolute Gasteiger partial charge is 0.308 e. The lowest BCUT2D eigenvalue weighted by atomic mass is 9.79. The van der Waals surface area contributed by atoms with Crippen molar-refractivity contribution in [3.05, 3.63) is 58.7 Å². The van der Waals surface area contributed by atoms with E-state index in [0.717, 1.165) is 18.9 Å². The average molecular weight is 405 g/mol. The summed E-state index contributed by atoms with van der Waals surface area (Å²) < 4.78 is 10.8. The van der Waals surface area contributed by atoms with Gasteiger partial charge < -0.3 is 9.47 Å². The third-order valence-corrected chi connectivity index (χ3v) is 6.71. The molecule has 2 aromatic carbocycles. The Bertz CT molecular complexity index is 1030. The summed E-state index contributed by atoms with van der Waals surface area (Å²) in [6.45, 7) is 6.28. The molecule has 156 valence electrons. The lowest BCUT2D eigenvalue weighted by molar-refractivity contribution is -0.132. The van der Waals surface area contributed by atoms with Crippen LogP contribution in [0.25, 0.3) is 0 Å². The molecule has 0 aromatic heterocycles. The van der Waals surface area contributed by atoms with Gasteiger partial charge in [0.1, 0.15) is 11.5 Å². The summed E-state index contributed by atoms with van der Waals surface area (Å²) in [6.07, 6.45) is 3.58. The maximum Gasteiger partial charge on any atom is 0.308 e. The lowest BCUT2D eigenvalue weighted by Crippen LogP contribution is -2.45. The van der Waals surface area contributed by atoms with Crippen molar-refractivity contribution in [3.63, 3.8) is 0 Å². The molecule has 2 aromatic rings. The minimum Gasteiger partial charge on any atom is -0.427 e. The topological polar surface area (TPSA) is 55.8 Å². The molecule has 2 heterocycles. The summed E-state index contributed by atoms with van der Waals surface area (Å²) >= 11 is 0. The van der Waals surface area contributed by atoms with Crippen LogP contribution < -0.4 is 9.47 Å². The van der Waals surface area contributed by atoms with Gasteiger partial charge in [-0.2, -0.15) is 0 Å². The molecular formula is C25H27NO4. The van der Waals surface area contributed by atoms with Crippen molar-refractivity contribution in [1.29, 1.82) is 0 Å². The zero-order valence-electron chi connectivity index (χ0n) is 17.7. The molecule has 5 heteroatoms. The van der Waals surface area contributed by atoms with E-state index in [4.69, 9.17) is 9.47 Å². The first kappa shape index (κ1) is 19.3. The minimum absolute atomic E-state index is 0.138. The Kier molecular flexibility index (Phi) is 4.66. The normalized spacial score (nSPS) is 24.6. The minimum atomic E-state index is -0.311. The van der Waals surface area contributed by atoms with Gasteiger partial charge in [-0.25, -0.2) is 0 Å². The van der Waals surface area contributed by atoms with Crippen LogP contribution in [0.4, 0.5) is 0 Å². The number of fused-ring (bicyclic) bond motifs is 1. The van der Waals surface area contributed by atoms with Gasteiger partial charge in [0.25, 0.3) is 0 Å². The molecule has 2 aliphatic heterocycles. The van der Waals surface area contributed by atoms with Crippen LogP contribution in [0.3, 0.4) is 0 Å². The number of benzene rings is 2. The quantitative estimate of drug-likeness (QED) is 0.558. The van der Waals surface area contributed by atoms with Crippen molar-refractivity contribution in [2.45, 2.75) is 58.0 Å². The van der Waals surface area contributed by atoms with Gasteiger partial charge in [-0.3, -0.25) is 14.5 Å². The zero-order chi connectivity index (χ0) is 21.0. The molecule has 0 amide bonds. The summed E-state index contributed by atoms with van der Waals surface area (Å²) in [5.41, 5.74) is 5.05. The van der Waals surface area contributed by atoms with Gasteiger partial charge in [-0.15, -0.1) is 0 Å². The molecule has 0 unspecified atom stereocenters. The van der Waals surface area contributed by atoms with Gasteiger partial charge in [0, 0.05) is 38.4 Å². The molecule has 1 fully saturated rings. The molecule has 6 rings (SSSR count). The van der Waals surface area contributed by atoms with Crippen LogP contribution in [-0.4, -0.2) is 29.4 Å². The lowest BCUT2D eigenvalue weighted by Gasteiger charge is -2.44. The second kappa shape index (κ2) is 7.24. The highest BCUT2D eigenvalue weighted by molar-refractivity contribution is 5.70. The monoisotopic (exact) mass is 405 g/mol. The number of ether oxygens (including phenoxy) is 2. The van der Waals surface area contributed by atoms with Crippen LogP contribution in [-0.2, 0) is 16.0 Å². The summed E-state index contributed by atoms with van der Waals surface area (Å²) in [5.74, 6) is 1.50. The van der Waals surface area contributed by atoms with E-state index in [1.54, 1.807) is 0 Å². The first-order valence-corrected chi connectivity index (χ1v) is 10.8. The van der Waals surface area contributed by atoms with E-state index in [1.807, 2.05) is 24.3 Å². The van der Waals surface area contributed by atoms with Crippen LogP contribution in [0.2, 0.25) is 0 Å². The molecule has 0 saturated heterocycles. The molecule has 2 bridgehead atoms. The maximum atomic E-state index is 11.5. The van der Waals surface area contributed by atoms with Crippen molar-refractivity contribution in [2.24, 2.45) is 5.92 Å². The number of carbonyl (C=O) groups is 2. The van der Waals surface area contributed by atoms with Crippen LogP contribution in [0.15, 0.2) is 36.4 Å². The van der Waals surface area contributed by atoms with Gasteiger partial charge in [0.2, 0.25) is 0 Å². The van der Waals surface area contributed by atoms with Crippen molar-refractivity contribution < 1.29 is 19.1 Å². The van der Waals surface area contributed by atoms with E-state index in [9.17, 15) is 9.59 Å². The Hall–Kier alpha value is -2.66. The summed E-state index contributed by atoms with van der Waals surface area (Å²) in [4.78, 5) is 25.7. The number of rotatable bonds is 4. The molecule has 5 nitrogen and oxygen atoms in total. The summed E-state index contributed by atoms with van der Waals surface area (Å²) in [6, 6.07) is 12.7. The zero-order valence-corrected chi connectivity index (χ0v) is 17.7. The summed E-state index contributed by atoms with van der Waals surface area (Å²) in [7, 11) is 0. The molecule has 0 N–H and O–H groups in total. The van der Waals surface area contributed by atoms with Crippen LogP contribution in [0.5, 0.6) is 11.5 Å². The highest BCUT2D eigenvalue weighted by Gasteiger charge is 2.45. The third kappa shape index (κ3) is 3.41. The Morgan fingerprint density at radius 2 is 1.57 bits per heavy atom. The van der Waals surface area contributed by atoms with Gasteiger partial charge >= 0.3 is 11.9 Å². The van der Waals surface area contributed by atoms with E-state index in [2.05, 4.69) is 24.0 Å². The Morgan fingerprint density at radius 1 is 0.933 bits per heavy atom. The van der Waals surface area contributed by atoms with Crippen molar-refractivity contribution in [1.82, 2.24) is 4.90 Å². The average Bonchev–Trinajstić information content (AvgIpc) is 3.50. The molecule has 2 aliphatic carbocycles. The number of nitrogens with zero attached hydrogens (tertiary/aromatic N) is 1. The van der Waals surface area contributed by atoms with Gasteiger partial charge in [0.05, 0.1) is 0 Å². The van der Waals surface area contributed by atoms with E-state index < -0.39 is 0 Å². The molecule has 0 radical (unpaired) electrons. The Balaban J connectivity index is 1.64. The largest absolute Gasteiger partial charge is 0.427 e. The first-order chi connectivity index (χ1) is 14.4. The standard InChI is InChI=1S/C25H27NO4/c1-14-25-22-11-19(29-15(2)27)7-6-18(22)10-24(26(14)13-17-4-5-17)21-9-8-20(12-23(21)25)30-16(3)28/h6-9,11-12,14,17,24-25H,4-5,10,13H2,1-3H3/t14-,24+,25+/m1/s1. The number of esters is 2. The van der Waals surface area contributed by atoms with Gasteiger partial charge in [-0.1, -0.05) is 12.1 Å². The second-order valence-electron chi connectivity index (χ2n) is 8.92. The molecule has 3 atom stereocenters. The fourth-order valence-electron chi connectivity index (χ4n) is 5.30. The number of hydrogen-bond acceptors (Lipinski definition) is 5. The number of carbonyl (C=O) groups excluding carboxylic acids is 2. The fourth-order valence-corrected chi connectivity index (χ4v) is 5.30. The molecular weight excluding hydrogens is 378 g/mol. The molecule has 1 saturated carbocycles. The predicted molar refractivity (Wildman–Crippen MR) is 113 cm³/mol. The predicted octanol–water partition coefficient (Wildman–Crippen LogP) is 4.38. The van der Waals surface area contributed by atoms with E-state index in [-0.39, 0.29) is 17.9 Å². The van der Waals surface area contributed by atoms with Gasteiger partial charge in [0.15, 0.2) is 0 Å². The second-order valence-corrected chi connectivity index (χ2v) is 8.92. The van der Waals surface area contributed by atoms with E-state index in [1.165, 1.54) is 48.9 Å². The van der Waals surface area contributed by atoms with Crippen molar-refractivity contribution in [3.8, 4) is 11.5 Å². The highest BCUT2D eigenvalue weighted by Crippen LogP contribution is 2.51. The number of hydrogen-bond donors (Lipinski definition) is 0. The Morgan fingerprint density at radius 3 is 2.20 bits per heavy atom. The van der Waals surface area contributed by atoms with E-state index >= 15 is 0 Å². The fraction of sp³-hybridized carbons (Fsp3) is 0.440. The van der Waals surface area contributed by atoms with Crippen molar-refractivity contribution in [2.75, 3.05) is 6.54 Å². The van der Waals surface area contributed by atoms with Crippen LogP contribution in [0, 0.1) is 5.92 Å². The Labute approximate surface area is 177 Å². The van der Waals surface area contributed by atoms with E-state index in [0.29, 0.717) is 23.6 Å². The third-order valence-electron chi connectivity index (χ3n) is 6.71. The molecule has 4 aliphatic rings. The summed E-state index contributed by atoms with van der Waals surface area (Å²) in [5, 5.41) is 0. The highest BCUT2D eigenvalue weighted by atomic mass is 16.5. The van der Waals surface area contributed by atoms with Gasteiger partial charge in [-0.05, 0) is 78.6 Å². The SMILES string of the molecule is CC(=O)Oc1ccc2c(c1)[C@H]1c3cc(OC(C)=O)ccc3[C@H](C2)N(CC2CC2)[C@@H]1C. The molecule has 30 heavy (non-hydrogen) atoms.